The second kappa shape index (κ2) is 5.09. The van der Waals surface area contributed by atoms with E-state index < -0.39 is 0 Å². The van der Waals surface area contributed by atoms with E-state index in [0.717, 1.165) is 19.0 Å². The van der Waals surface area contributed by atoms with Crippen LogP contribution in [0.4, 0.5) is 0 Å². The molecule has 1 aromatic heterocycles. The van der Waals surface area contributed by atoms with Gasteiger partial charge in [-0.15, -0.1) is 0 Å². The maximum atomic E-state index is 5.46. The first-order chi connectivity index (χ1) is 9.81. The van der Waals surface area contributed by atoms with Crippen LogP contribution < -0.4 is 5.32 Å². The van der Waals surface area contributed by atoms with E-state index in [1.807, 2.05) is 0 Å². The van der Waals surface area contributed by atoms with Gasteiger partial charge in [0, 0.05) is 24.5 Å². The van der Waals surface area contributed by atoms with Crippen molar-refractivity contribution in [3.05, 3.63) is 11.7 Å². The van der Waals surface area contributed by atoms with Crippen LogP contribution in [-0.2, 0) is 4.74 Å². The first kappa shape index (κ1) is 12.7. The lowest BCUT2D eigenvalue weighted by Crippen LogP contribution is -2.39. The predicted molar refractivity (Wildman–Crippen MR) is 72.4 cm³/mol. The summed E-state index contributed by atoms with van der Waals surface area (Å²) in [7, 11) is 2.25. The van der Waals surface area contributed by atoms with Crippen LogP contribution in [0.2, 0.25) is 0 Å². The first-order valence-corrected chi connectivity index (χ1v) is 7.68. The van der Waals surface area contributed by atoms with E-state index in [1.165, 1.54) is 25.7 Å². The Balaban J connectivity index is 1.48. The molecule has 3 aliphatic rings. The Kier molecular flexibility index (Phi) is 3.24. The number of aromatic nitrogens is 2. The molecular formula is C14H22N4O2. The molecule has 0 amide bonds. The third-order valence-corrected chi connectivity index (χ3v) is 5.14. The molecule has 0 aliphatic carbocycles. The van der Waals surface area contributed by atoms with Crippen molar-refractivity contribution < 1.29 is 9.26 Å². The Morgan fingerprint density at radius 1 is 1.25 bits per heavy atom. The fraction of sp³-hybridized carbons (Fsp3) is 0.857. The number of ether oxygens (including phenoxy) is 1. The molecule has 3 fully saturated rings. The predicted octanol–water partition coefficient (Wildman–Crippen LogP) is 1.07. The molecule has 1 N–H and O–H groups in total. The van der Waals surface area contributed by atoms with Crippen LogP contribution in [0.25, 0.3) is 0 Å². The Labute approximate surface area is 118 Å². The lowest BCUT2D eigenvalue weighted by Gasteiger charge is -2.34. The van der Waals surface area contributed by atoms with Crippen molar-refractivity contribution in [1.29, 1.82) is 0 Å². The zero-order chi connectivity index (χ0) is 13.5. The number of hydrogen-bond donors (Lipinski definition) is 1. The van der Waals surface area contributed by atoms with Gasteiger partial charge in [-0.05, 0) is 32.7 Å². The zero-order valence-electron chi connectivity index (χ0n) is 11.9. The molecule has 1 aromatic rings. The number of piperidine rings is 1. The fourth-order valence-electron chi connectivity index (χ4n) is 3.90. The average molecular weight is 278 g/mol. The highest BCUT2D eigenvalue weighted by atomic mass is 16.5. The monoisotopic (exact) mass is 278 g/mol. The van der Waals surface area contributed by atoms with E-state index in [2.05, 4.69) is 27.4 Å². The van der Waals surface area contributed by atoms with Crippen LogP contribution in [0.1, 0.15) is 49.4 Å². The van der Waals surface area contributed by atoms with Crippen LogP contribution in [0, 0.1) is 0 Å². The quantitative estimate of drug-likeness (QED) is 0.873. The van der Waals surface area contributed by atoms with Gasteiger partial charge >= 0.3 is 0 Å². The maximum absolute atomic E-state index is 5.46. The lowest BCUT2D eigenvalue weighted by molar-refractivity contribution is 0.0659. The highest BCUT2D eigenvalue weighted by Gasteiger charge is 2.40. The summed E-state index contributed by atoms with van der Waals surface area (Å²) < 4.78 is 10.9. The van der Waals surface area contributed by atoms with Crippen molar-refractivity contribution in [2.24, 2.45) is 0 Å². The van der Waals surface area contributed by atoms with Crippen LogP contribution in [-0.4, -0.2) is 53.9 Å². The van der Waals surface area contributed by atoms with Gasteiger partial charge < -0.3 is 19.5 Å². The van der Waals surface area contributed by atoms with Gasteiger partial charge in [0.15, 0.2) is 5.82 Å². The van der Waals surface area contributed by atoms with Gasteiger partial charge in [0.1, 0.15) is 6.04 Å². The molecule has 4 heterocycles. The average Bonchev–Trinajstić information content (AvgIpc) is 3.03. The summed E-state index contributed by atoms with van der Waals surface area (Å²) >= 11 is 0. The van der Waals surface area contributed by atoms with Gasteiger partial charge in [-0.25, -0.2) is 0 Å². The smallest absolute Gasteiger partial charge is 0.246 e. The van der Waals surface area contributed by atoms with Crippen molar-refractivity contribution in [1.82, 2.24) is 20.4 Å². The summed E-state index contributed by atoms with van der Waals surface area (Å²) in [5.41, 5.74) is 0. The number of fused-ring (bicyclic) bond motifs is 2. The van der Waals surface area contributed by atoms with E-state index in [9.17, 15) is 0 Å². The van der Waals surface area contributed by atoms with Crippen LogP contribution in [0.3, 0.4) is 0 Å². The molecule has 3 atom stereocenters. The normalized spacial score (nSPS) is 38.2. The molecule has 4 rings (SSSR count). The molecule has 0 radical (unpaired) electrons. The third kappa shape index (κ3) is 2.16. The molecular weight excluding hydrogens is 256 g/mol. The van der Waals surface area contributed by atoms with Gasteiger partial charge in [-0.2, -0.15) is 4.98 Å². The third-order valence-electron chi connectivity index (χ3n) is 5.14. The van der Waals surface area contributed by atoms with Crippen LogP contribution in [0.15, 0.2) is 4.52 Å². The van der Waals surface area contributed by atoms with Crippen molar-refractivity contribution in [3.63, 3.8) is 0 Å². The minimum atomic E-state index is 0.0630. The largest absolute Gasteiger partial charge is 0.378 e. The van der Waals surface area contributed by atoms with Gasteiger partial charge in [0.2, 0.25) is 5.89 Å². The van der Waals surface area contributed by atoms with E-state index in [0.29, 0.717) is 30.5 Å². The highest BCUT2D eigenvalue weighted by molar-refractivity contribution is 5.06. The number of nitrogens with one attached hydrogen (secondary N) is 1. The summed E-state index contributed by atoms with van der Waals surface area (Å²) in [5.74, 6) is 2.05. The van der Waals surface area contributed by atoms with E-state index in [-0.39, 0.29) is 6.04 Å². The molecule has 0 aromatic carbocycles. The molecule has 3 aliphatic heterocycles. The molecule has 6 heteroatoms. The second-order valence-corrected chi connectivity index (χ2v) is 6.29. The first-order valence-electron chi connectivity index (χ1n) is 7.68. The minimum Gasteiger partial charge on any atom is -0.378 e. The minimum absolute atomic E-state index is 0.0630. The molecule has 110 valence electrons. The maximum Gasteiger partial charge on any atom is 0.246 e. The zero-order valence-corrected chi connectivity index (χ0v) is 11.9. The van der Waals surface area contributed by atoms with Crippen LogP contribution in [0.5, 0.6) is 0 Å². The SMILES string of the molecule is CN1C2CCC1CC(c1noc(C3COCCN3)n1)C2. The van der Waals surface area contributed by atoms with Gasteiger partial charge in [-0.3, -0.25) is 0 Å². The van der Waals surface area contributed by atoms with Crippen molar-refractivity contribution in [3.8, 4) is 0 Å². The van der Waals surface area contributed by atoms with Crippen LogP contribution >= 0.6 is 0 Å². The molecule has 3 saturated heterocycles. The van der Waals surface area contributed by atoms with Crippen molar-refractivity contribution >= 4 is 0 Å². The standard InChI is InChI=1S/C14H22N4O2/c1-18-10-2-3-11(18)7-9(6-10)13-16-14(20-17-13)12-8-19-5-4-15-12/h9-12,15H,2-8H2,1H3. The van der Waals surface area contributed by atoms with Crippen molar-refractivity contribution in [2.75, 3.05) is 26.8 Å². The van der Waals surface area contributed by atoms with E-state index in [4.69, 9.17) is 9.26 Å². The lowest BCUT2D eigenvalue weighted by atomic mass is 9.90. The van der Waals surface area contributed by atoms with Gasteiger partial charge in [0.25, 0.3) is 0 Å². The van der Waals surface area contributed by atoms with E-state index in [1.54, 1.807) is 0 Å². The Hall–Kier alpha value is -0.980. The van der Waals surface area contributed by atoms with Gasteiger partial charge in [-0.1, -0.05) is 5.16 Å². The fourth-order valence-corrected chi connectivity index (χ4v) is 3.90. The number of morpholine rings is 1. The summed E-state index contributed by atoms with van der Waals surface area (Å²) in [6.45, 7) is 2.23. The topological polar surface area (TPSA) is 63.4 Å². The molecule has 6 nitrogen and oxygen atoms in total. The highest BCUT2D eigenvalue weighted by Crippen LogP contribution is 2.41. The molecule has 0 saturated carbocycles. The summed E-state index contributed by atoms with van der Waals surface area (Å²) in [4.78, 5) is 7.18. The van der Waals surface area contributed by atoms with Gasteiger partial charge in [0.05, 0.1) is 13.2 Å². The summed E-state index contributed by atoms with van der Waals surface area (Å²) in [6.07, 6.45) is 4.97. The molecule has 2 bridgehead atoms. The number of hydrogen-bond acceptors (Lipinski definition) is 6. The summed E-state index contributed by atoms with van der Waals surface area (Å²) in [5, 5.41) is 7.60. The number of rotatable bonds is 2. The Morgan fingerprint density at radius 2 is 2.05 bits per heavy atom. The second-order valence-electron chi connectivity index (χ2n) is 6.29. The Morgan fingerprint density at radius 3 is 2.75 bits per heavy atom. The van der Waals surface area contributed by atoms with Crippen molar-refractivity contribution in [2.45, 2.75) is 49.7 Å². The Bertz CT molecular complexity index is 457. The molecule has 0 spiro atoms. The van der Waals surface area contributed by atoms with E-state index >= 15 is 0 Å². The summed E-state index contributed by atoms with van der Waals surface area (Å²) in [6, 6.07) is 1.47. The molecule has 20 heavy (non-hydrogen) atoms. The number of nitrogens with zero attached hydrogens (tertiary/aromatic N) is 3. The molecule has 3 unspecified atom stereocenters.